The average molecular weight is 270 g/mol. The van der Waals surface area contributed by atoms with E-state index in [4.69, 9.17) is 0 Å². The van der Waals surface area contributed by atoms with E-state index in [2.05, 4.69) is 33.0 Å². The summed E-state index contributed by atoms with van der Waals surface area (Å²) < 4.78 is 0. The van der Waals surface area contributed by atoms with Gasteiger partial charge in [-0.25, -0.2) is 0 Å². The molecule has 0 radical (unpaired) electrons. The molecule has 0 aliphatic carbocycles. The molecule has 1 N–H and O–H groups in total. The smallest absolute Gasteiger partial charge is 0.00387 e. The van der Waals surface area contributed by atoms with Crippen LogP contribution in [-0.2, 0) is 0 Å². The molecule has 1 atom stereocenters. The van der Waals surface area contributed by atoms with Crippen molar-refractivity contribution in [2.75, 3.05) is 6.54 Å². The molecule has 0 aliphatic rings. The Morgan fingerprint density at radius 1 is 0.684 bits per heavy atom. The highest BCUT2D eigenvalue weighted by molar-refractivity contribution is 4.61. The molecule has 1 heteroatoms. The maximum Gasteiger partial charge on any atom is 0.00387 e. The third-order valence-electron chi connectivity index (χ3n) is 3.94. The first kappa shape index (κ1) is 19.0. The molecule has 19 heavy (non-hydrogen) atoms. The van der Waals surface area contributed by atoms with Gasteiger partial charge in [0.2, 0.25) is 0 Å². The second kappa shape index (κ2) is 14.4. The topological polar surface area (TPSA) is 12.0 Å². The maximum absolute atomic E-state index is 3.67. The van der Waals surface area contributed by atoms with Crippen LogP contribution in [0.25, 0.3) is 0 Å². The van der Waals surface area contributed by atoms with Gasteiger partial charge in [0.15, 0.2) is 0 Å². The lowest BCUT2D eigenvalue weighted by Crippen LogP contribution is -2.26. The normalized spacial score (nSPS) is 13.1. The Labute approximate surface area is 122 Å². The Morgan fingerprint density at radius 3 is 1.89 bits per heavy atom. The van der Waals surface area contributed by atoms with Crippen LogP contribution >= 0.6 is 0 Å². The lowest BCUT2D eigenvalue weighted by Gasteiger charge is -2.13. The van der Waals surface area contributed by atoms with Crippen molar-refractivity contribution in [2.24, 2.45) is 5.92 Å². The maximum atomic E-state index is 3.67. The predicted octanol–water partition coefficient (Wildman–Crippen LogP) is 5.93. The van der Waals surface area contributed by atoms with E-state index in [9.17, 15) is 0 Å². The monoisotopic (exact) mass is 269 g/mol. The van der Waals surface area contributed by atoms with E-state index in [-0.39, 0.29) is 0 Å². The van der Waals surface area contributed by atoms with Crippen LogP contribution in [0.2, 0.25) is 0 Å². The van der Waals surface area contributed by atoms with Crippen molar-refractivity contribution < 1.29 is 0 Å². The molecule has 1 unspecified atom stereocenters. The van der Waals surface area contributed by atoms with E-state index in [1.54, 1.807) is 0 Å². The van der Waals surface area contributed by atoms with E-state index >= 15 is 0 Å². The van der Waals surface area contributed by atoms with E-state index in [0.717, 1.165) is 12.0 Å². The standard InChI is InChI=1S/C18H39N/c1-5-6-7-8-12-15-18(4)19-16-13-10-9-11-14-17(2)3/h17-19H,5-16H2,1-4H3. The zero-order chi connectivity index (χ0) is 14.3. The van der Waals surface area contributed by atoms with Crippen LogP contribution in [0.15, 0.2) is 0 Å². The minimum Gasteiger partial charge on any atom is -0.314 e. The van der Waals surface area contributed by atoms with Gasteiger partial charge in [0.1, 0.15) is 0 Å². The molecule has 0 aromatic rings. The Hall–Kier alpha value is -0.0400. The summed E-state index contributed by atoms with van der Waals surface area (Å²) >= 11 is 0. The molecule has 0 aromatic carbocycles. The van der Waals surface area contributed by atoms with Crippen molar-refractivity contribution >= 4 is 0 Å². The molecule has 0 amide bonds. The first-order valence-electron chi connectivity index (χ1n) is 8.90. The molecular formula is C18H39N. The van der Waals surface area contributed by atoms with Crippen LogP contribution in [0.5, 0.6) is 0 Å². The fraction of sp³-hybridized carbons (Fsp3) is 1.00. The lowest BCUT2D eigenvalue weighted by atomic mass is 10.0. The van der Waals surface area contributed by atoms with Gasteiger partial charge in [0.25, 0.3) is 0 Å². The highest BCUT2D eigenvalue weighted by Gasteiger charge is 2.00. The van der Waals surface area contributed by atoms with Crippen molar-refractivity contribution in [3.05, 3.63) is 0 Å². The number of hydrogen-bond donors (Lipinski definition) is 1. The van der Waals surface area contributed by atoms with Crippen molar-refractivity contribution in [3.8, 4) is 0 Å². The summed E-state index contributed by atoms with van der Waals surface area (Å²) in [5.74, 6) is 0.880. The van der Waals surface area contributed by atoms with Crippen molar-refractivity contribution in [1.29, 1.82) is 0 Å². The van der Waals surface area contributed by atoms with Crippen LogP contribution in [0, 0.1) is 5.92 Å². The van der Waals surface area contributed by atoms with Crippen molar-refractivity contribution in [3.63, 3.8) is 0 Å². The van der Waals surface area contributed by atoms with E-state index < -0.39 is 0 Å². The van der Waals surface area contributed by atoms with Gasteiger partial charge >= 0.3 is 0 Å². The average Bonchev–Trinajstić information content (AvgIpc) is 2.37. The quantitative estimate of drug-likeness (QED) is 0.385. The van der Waals surface area contributed by atoms with Crippen molar-refractivity contribution in [1.82, 2.24) is 5.32 Å². The molecule has 0 fully saturated rings. The fourth-order valence-electron chi connectivity index (χ4n) is 2.54. The molecule has 1 nitrogen and oxygen atoms in total. The number of nitrogens with one attached hydrogen (secondary N) is 1. The zero-order valence-corrected chi connectivity index (χ0v) is 14.1. The fourth-order valence-corrected chi connectivity index (χ4v) is 2.54. The van der Waals surface area contributed by atoms with E-state index in [1.165, 1.54) is 77.2 Å². The Kier molecular flexibility index (Phi) is 14.3. The van der Waals surface area contributed by atoms with Gasteiger partial charge in [0, 0.05) is 6.04 Å². The molecule has 0 heterocycles. The van der Waals surface area contributed by atoms with Crippen LogP contribution in [0.1, 0.15) is 98.3 Å². The molecule has 0 saturated heterocycles. The first-order valence-corrected chi connectivity index (χ1v) is 8.90. The van der Waals surface area contributed by atoms with Crippen molar-refractivity contribution in [2.45, 2.75) is 104 Å². The van der Waals surface area contributed by atoms with E-state index in [1.807, 2.05) is 0 Å². The van der Waals surface area contributed by atoms with E-state index in [0.29, 0.717) is 0 Å². The van der Waals surface area contributed by atoms with Gasteiger partial charge in [-0.3, -0.25) is 0 Å². The van der Waals surface area contributed by atoms with Crippen LogP contribution in [-0.4, -0.2) is 12.6 Å². The van der Waals surface area contributed by atoms with Gasteiger partial charge in [-0.05, 0) is 32.2 Å². The Morgan fingerprint density at radius 2 is 1.26 bits per heavy atom. The molecular weight excluding hydrogens is 230 g/mol. The predicted molar refractivity (Wildman–Crippen MR) is 88.8 cm³/mol. The van der Waals surface area contributed by atoms with Crippen LogP contribution in [0.4, 0.5) is 0 Å². The van der Waals surface area contributed by atoms with Gasteiger partial charge < -0.3 is 5.32 Å². The Balaban J connectivity index is 3.13. The number of rotatable bonds is 14. The summed E-state index contributed by atoms with van der Waals surface area (Å²) in [4.78, 5) is 0. The highest BCUT2D eigenvalue weighted by Crippen LogP contribution is 2.10. The molecule has 0 spiro atoms. The zero-order valence-electron chi connectivity index (χ0n) is 14.1. The van der Waals surface area contributed by atoms with Gasteiger partial charge in [0.05, 0.1) is 0 Å². The summed E-state index contributed by atoms with van der Waals surface area (Å²) in [7, 11) is 0. The van der Waals surface area contributed by atoms with Gasteiger partial charge in [-0.15, -0.1) is 0 Å². The molecule has 0 aromatic heterocycles. The Bertz CT molecular complexity index is 165. The third-order valence-corrected chi connectivity index (χ3v) is 3.94. The summed E-state index contributed by atoms with van der Waals surface area (Å²) in [6.45, 7) is 10.5. The van der Waals surface area contributed by atoms with Crippen LogP contribution < -0.4 is 5.32 Å². The summed E-state index contributed by atoms with van der Waals surface area (Å²) in [6.07, 6.45) is 15.4. The second-order valence-electron chi connectivity index (χ2n) is 6.65. The largest absolute Gasteiger partial charge is 0.314 e. The van der Waals surface area contributed by atoms with Gasteiger partial charge in [-0.2, -0.15) is 0 Å². The molecule has 116 valence electrons. The summed E-state index contributed by atoms with van der Waals surface area (Å²) in [6, 6.07) is 0.720. The van der Waals surface area contributed by atoms with Crippen LogP contribution in [0.3, 0.4) is 0 Å². The second-order valence-corrected chi connectivity index (χ2v) is 6.65. The molecule has 0 bridgehead atoms. The molecule has 0 saturated carbocycles. The number of hydrogen-bond acceptors (Lipinski definition) is 1. The highest BCUT2D eigenvalue weighted by atomic mass is 14.9. The SMILES string of the molecule is CCCCCCCC(C)NCCCCCCC(C)C. The minimum atomic E-state index is 0.720. The first-order chi connectivity index (χ1) is 9.16. The van der Waals surface area contributed by atoms with Gasteiger partial charge in [-0.1, -0.05) is 78.6 Å². The molecule has 0 aliphatic heterocycles. The number of unbranched alkanes of at least 4 members (excludes halogenated alkanes) is 7. The summed E-state index contributed by atoms with van der Waals surface area (Å²) in [5.41, 5.74) is 0. The minimum absolute atomic E-state index is 0.720. The molecule has 0 rings (SSSR count). The summed E-state index contributed by atoms with van der Waals surface area (Å²) in [5, 5.41) is 3.67. The lowest BCUT2D eigenvalue weighted by molar-refractivity contribution is 0.462. The third kappa shape index (κ3) is 15.9.